The number of thiophene rings is 2. The Morgan fingerprint density at radius 3 is 1.73 bits per heavy atom. The molecule has 0 unspecified atom stereocenters. The standard InChI is InChI=1S/C21H14Cl2N6S2.C18H10Cl2N6S2/c1-2-6-29-7-5-25-19(29)18-13(12-4-3-11(22)8-14(12)23)9-15(30-18)16-17-20(27-10-26-16)31-21(24)28-17;19-8-1-2-9(11(20)5-8)10-6-12(27-15(10)16-22-3-4-23-16)13-14-17(25-7-24-13)28-18(21)26-14/h2-5,7-10H,1,6H2,(H2,24,28);1-7H,(H2,21,26)(H,22,23). The van der Waals surface area contributed by atoms with E-state index >= 15 is 0 Å². The molecule has 2 aromatic carbocycles. The molecule has 12 nitrogen and oxygen atoms in total. The first-order valence-electron chi connectivity index (χ1n) is 17.2. The first-order valence-corrected chi connectivity index (χ1v) is 22.0. The Labute approximate surface area is 370 Å². The van der Waals surface area contributed by atoms with Gasteiger partial charge in [-0.2, -0.15) is 0 Å². The summed E-state index contributed by atoms with van der Waals surface area (Å²) in [5.74, 6) is 1.57. The Hall–Kier alpha value is -5.30. The highest BCUT2D eigenvalue weighted by molar-refractivity contribution is 7.22. The van der Waals surface area contributed by atoms with Gasteiger partial charge in [0, 0.05) is 73.7 Å². The van der Waals surface area contributed by atoms with Gasteiger partial charge in [-0.1, -0.05) is 87.3 Å². The molecular formula is C39H24Cl4N12S4. The molecular weight excluding hydrogens is 907 g/mol. The van der Waals surface area contributed by atoms with E-state index in [1.54, 1.807) is 53.4 Å². The van der Waals surface area contributed by atoms with Gasteiger partial charge in [-0.05, 0) is 36.4 Å². The van der Waals surface area contributed by atoms with Crippen LogP contribution in [0.1, 0.15) is 0 Å². The van der Waals surface area contributed by atoms with Crippen LogP contribution in [-0.2, 0) is 6.54 Å². The Kier molecular flexibility index (Phi) is 10.9. The molecule has 0 radical (unpaired) electrons. The number of nitrogen functional groups attached to an aromatic ring is 2. The summed E-state index contributed by atoms with van der Waals surface area (Å²) in [6.07, 6.45) is 12.1. The van der Waals surface area contributed by atoms with Gasteiger partial charge in [0.25, 0.3) is 0 Å². The van der Waals surface area contributed by atoms with Crippen LogP contribution in [0, 0.1) is 0 Å². The molecule has 0 saturated carbocycles. The molecule has 0 spiro atoms. The van der Waals surface area contributed by atoms with Crippen LogP contribution < -0.4 is 11.5 Å². The average molecular weight is 931 g/mol. The van der Waals surface area contributed by atoms with Crippen molar-refractivity contribution in [1.29, 1.82) is 0 Å². The molecule has 0 amide bonds. The van der Waals surface area contributed by atoms with Gasteiger partial charge in [-0.25, -0.2) is 39.9 Å². The minimum absolute atomic E-state index is 0.455. The molecule has 292 valence electrons. The third-order valence-electron chi connectivity index (χ3n) is 8.76. The highest BCUT2D eigenvalue weighted by Gasteiger charge is 2.23. The molecule has 8 aromatic heterocycles. The van der Waals surface area contributed by atoms with Crippen LogP contribution in [0.3, 0.4) is 0 Å². The summed E-state index contributed by atoms with van der Waals surface area (Å²) in [6.45, 7) is 4.48. The van der Waals surface area contributed by atoms with Crippen molar-refractivity contribution in [2.45, 2.75) is 6.54 Å². The van der Waals surface area contributed by atoms with Crippen LogP contribution in [0.15, 0.2) is 98.6 Å². The number of imidazole rings is 2. The minimum Gasteiger partial charge on any atom is -0.375 e. The zero-order chi connectivity index (χ0) is 40.8. The molecule has 0 atom stereocenters. The fraction of sp³-hybridized carbons (Fsp3) is 0.0256. The number of hydrogen-bond donors (Lipinski definition) is 3. The van der Waals surface area contributed by atoms with Gasteiger partial charge in [0.05, 0.1) is 19.5 Å². The van der Waals surface area contributed by atoms with E-state index in [-0.39, 0.29) is 0 Å². The number of nitrogens with zero attached hydrogens (tertiary/aromatic N) is 9. The van der Waals surface area contributed by atoms with Crippen molar-refractivity contribution < 1.29 is 0 Å². The molecule has 5 N–H and O–H groups in total. The van der Waals surface area contributed by atoms with Crippen molar-refractivity contribution in [2.24, 2.45) is 0 Å². The van der Waals surface area contributed by atoms with Crippen LogP contribution in [0.5, 0.6) is 0 Å². The Morgan fingerprint density at radius 2 is 1.20 bits per heavy atom. The fourth-order valence-corrected chi connectivity index (χ4v) is 10.9. The first kappa shape index (κ1) is 39.2. The summed E-state index contributed by atoms with van der Waals surface area (Å²) in [6, 6.07) is 15.0. The van der Waals surface area contributed by atoms with E-state index in [1.807, 2.05) is 47.2 Å². The Balaban J connectivity index is 0.000000153. The molecule has 0 aliphatic heterocycles. The summed E-state index contributed by atoms with van der Waals surface area (Å²) < 4.78 is 2.03. The molecule has 0 fully saturated rings. The van der Waals surface area contributed by atoms with Crippen molar-refractivity contribution in [3.8, 4) is 64.8 Å². The van der Waals surface area contributed by atoms with Crippen LogP contribution in [0.4, 0.5) is 10.3 Å². The molecule has 8 heterocycles. The van der Waals surface area contributed by atoms with E-state index in [0.29, 0.717) is 47.9 Å². The van der Waals surface area contributed by atoms with Crippen molar-refractivity contribution in [1.82, 2.24) is 49.4 Å². The van der Waals surface area contributed by atoms with E-state index in [0.717, 1.165) is 74.5 Å². The fourth-order valence-electron chi connectivity index (χ4n) is 6.27. The third-order valence-corrected chi connectivity index (χ3v) is 13.7. The van der Waals surface area contributed by atoms with Gasteiger partial charge >= 0.3 is 0 Å². The van der Waals surface area contributed by atoms with Gasteiger partial charge in [0.2, 0.25) is 0 Å². The molecule has 20 heteroatoms. The van der Waals surface area contributed by atoms with Gasteiger partial charge in [0.1, 0.15) is 50.6 Å². The summed E-state index contributed by atoms with van der Waals surface area (Å²) in [7, 11) is 0. The average Bonchev–Trinajstić information content (AvgIpc) is 4.06. The van der Waals surface area contributed by atoms with E-state index < -0.39 is 0 Å². The number of hydrogen-bond acceptors (Lipinski definition) is 14. The zero-order valence-corrected chi connectivity index (χ0v) is 36.2. The van der Waals surface area contributed by atoms with E-state index in [9.17, 15) is 0 Å². The van der Waals surface area contributed by atoms with E-state index in [1.165, 1.54) is 35.3 Å². The second kappa shape index (κ2) is 16.4. The van der Waals surface area contributed by atoms with Crippen LogP contribution in [-0.4, -0.2) is 49.4 Å². The summed E-state index contributed by atoms with van der Waals surface area (Å²) in [5.41, 5.74) is 18.2. The van der Waals surface area contributed by atoms with Crippen molar-refractivity contribution in [3.63, 3.8) is 0 Å². The molecule has 59 heavy (non-hydrogen) atoms. The zero-order valence-electron chi connectivity index (χ0n) is 29.9. The number of nitrogens with one attached hydrogen (secondary N) is 1. The first-order chi connectivity index (χ1) is 28.6. The predicted octanol–water partition coefficient (Wildman–Crippen LogP) is 12.2. The number of anilines is 2. The number of nitrogens with two attached hydrogens (primary N) is 2. The minimum atomic E-state index is 0.455. The van der Waals surface area contributed by atoms with Gasteiger partial charge in [0.15, 0.2) is 16.1 Å². The largest absolute Gasteiger partial charge is 0.375 e. The van der Waals surface area contributed by atoms with Crippen LogP contribution in [0.2, 0.25) is 20.1 Å². The highest BCUT2D eigenvalue weighted by Crippen LogP contribution is 2.47. The third kappa shape index (κ3) is 7.69. The van der Waals surface area contributed by atoms with Gasteiger partial charge < -0.3 is 21.0 Å². The number of benzene rings is 2. The summed E-state index contributed by atoms with van der Waals surface area (Å²) in [4.78, 5) is 43.8. The molecule has 0 saturated heterocycles. The number of rotatable bonds is 8. The quantitative estimate of drug-likeness (QED) is 0.124. The highest BCUT2D eigenvalue weighted by atomic mass is 35.5. The normalized spacial score (nSPS) is 11.3. The van der Waals surface area contributed by atoms with Crippen molar-refractivity contribution >= 4 is 123 Å². The number of aromatic amines is 1. The maximum absolute atomic E-state index is 6.58. The lowest BCUT2D eigenvalue weighted by molar-refractivity contribution is 0.834. The number of halogens is 4. The smallest absolute Gasteiger partial charge is 0.182 e. The lowest BCUT2D eigenvalue weighted by Crippen LogP contribution is -1.96. The monoisotopic (exact) mass is 928 g/mol. The topological polar surface area (TPSA) is 176 Å². The number of H-pyrrole nitrogens is 1. The second-order valence-corrected chi connectivity index (χ2v) is 18.3. The Morgan fingerprint density at radius 1 is 0.644 bits per heavy atom. The molecule has 10 aromatic rings. The number of aromatic nitrogens is 10. The van der Waals surface area contributed by atoms with Gasteiger partial charge in [-0.15, -0.1) is 29.3 Å². The van der Waals surface area contributed by atoms with Crippen molar-refractivity contribution in [2.75, 3.05) is 11.5 Å². The number of allylic oxidation sites excluding steroid dienone is 1. The van der Waals surface area contributed by atoms with E-state index in [4.69, 9.17) is 57.9 Å². The number of fused-ring (bicyclic) bond motifs is 2. The maximum Gasteiger partial charge on any atom is 0.182 e. The van der Waals surface area contributed by atoms with Crippen LogP contribution in [0.25, 0.3) is 85.5 Å². The molecule has 10 rings (SSSR count). The number of thiazole rings is 2. The van der Waals surface area contributed by atoms with E-state index in [2.05, 4.69) is 57.5 Å². The summed E-state index contributed by atoms with van der Waals surface area (Å²) >= 11 is 31.1. The lowest BCUT2D eigenvalue weighted by Gasteiger charge is -2.08. The lowest BCUT2D eigenvalue weighted by atomic mass is 10.1. The maximum atomic E-state index is 6.58. The van der Waals surface area contributed by atoms with Crippen LogP contribution >= 0.6 is 91.8 Å². The Bertz CT molecular complexity index is 3170. The molecule has 0 bridgehead atoms. The van der Waals surface area contributed by atoms with Crippen molar-refractivity contribution in [3.05, 3.63) is 119 Å². The second-order valence-electron chi connectivity index (χ2n) is 12.4. The summed E-state index contributed by atoms with van der Waals surface area (Å²) in [5, 5.41) is 3.20. The predicted molar refractivity (Wildman–Crippen MR) is 246 cm³/mol. The molecule has 0 aliphatic carbocycles. The molecule has 0 aliphatic rings. The van der Waals surface area contributed by atoms with Gasteiger partial charge in [-0.3, -0.25) is 0 Å². The SMILES string of the molecule is C=CCn1ccnc1-c1sc(-c2ncnc3sc(N)nc23)cc1-c1ccc(Cl)cc1Cl.Nc1nc2c(-c3cc(-c4ccc(Cl)cc4Cl)c(-c4ncc[nH]4)s3)ncnc2s1.